The smallest absolute Gasteiger partial charge is 0.324 e. The van der Waals surface area contributed by atoms with Gasteiger partial charge in [-0.1, -0.05) is 19.9 Å². The summed E-state index contributed by atoms with van der Waals surface area (Å²) in [7, 11) is 1.74. The van der Waals surface area contributed by atoms with Crippen LogP contribution in [0.2, 0.25) is 0 Å². The van der Waals surface area contributed by atoms with Gasteiger partial charge in [0, 0.05) is 78.4 Å². The van der Waals surface area contributed by atoms with Crippen molar-refractivity contribution in [2.45, 2.75) is 110 Å². The Morgan fingerprint density at radius 1 is 1.14 bits per heavy atom. The molecule has 312 valence electrons. The number of morpholine rings is 1. The number of piperidine rings is 1. The Balaban J connectivity index is 1.29. The lowest BCUT2D eigenvalue weighted by Gasteiger charge is -2.42. The van der Waals surface area contributed by atoms with Gasteiger partial charge in [-0.05, 0) is 94.7 Å². The number of pyridine rings is 1. The Bertz CT molecular complexity index is 2130. The highest BCUT2D eigenvalue weighted by atomic mass is 32.1. The molecular weight excluding hydrogens is 755 g/mol. The molecule has 0 spiro atoms. The maximum Gasteiger partial charge on any atom is 0.324 e. The number of amides is 1. The molecule has 3 N–H and O–H groups in total. The van der Waals surface area contributed by atoms with E-state index in [2.05, 4.69) is 73.1 Å². The summed E-state index contributed by atoms with van der Waals surface area (Å²) in [4.78, 5) is 40.4. The number of hydrazine groups is 1. The van der Waals surface area contributed by atoms with Crippen LogP contribution in [0.4, 0.5) is 0 Å². The lowest BCUT2D eigenvalue weighted by molar-refractivity contribution is -0.155. The van der Waals surface area contributed by atoms with E-state index in [-0.39, 0.29) is 24.6 Å². The van der Waals surface area contributed by atoms with Crippen LogP contribution in [-0.2, 0) is 41.5 Å². The highest BCUT2D eigenvalue weighted by Gasteiger charge is 2.38. The fraction of sp³-hybridized carbons (Fsp3) is 0.591. The number of methoxy groups -OCH3 is 1. The number of benzene rings is 1. The first-order valence-corrected chi connectivity index (χ1v) is 21.9. The minimum atomic E-state index is -1.02. The number of nitrogens with zero attached hydrogens (tertiary/aromatic N) is 5. The normalized spacial score (nSPS) is 26.3. The topological polar surface area (TPSA) is 146 Å². The van der Waals surface area contributed by atoms with E-state index in [9.17, 15) is 9.59 Å². The average molecular weight is 814 g/mol. The minimum absolute atomic E-state index is 0.193. The van der Waals surface area contributed by atoms with Gasteiger partial charge < -0.3 is 29.2 Å². The average Bonchev–Trinajstić information content (AvgIpc) is 3.86. The molecule has 3 saturated heterocycles. The van der Waals surface area contributed by atoms with Crippen LogP contribution in [0.15, 0.2) is 35.8 Å². The van der Waals surface area contributed by atoms with Gasteiger partial charge in [-0.2, -0.15) is 0 Å². The molecule has 6 atom stereocenters. The van der Waals surface area contributed by atoms with E-state index in [0.717, 1.165) is 90.4 Å². The van der Waals surface area contributed by atoms with Crippen molar-refractivity contribution in [1.29, 1.82) is 0 Å². The molecule has 3 fully saturated rings. The van der Waals surface area contributed by atoms with Crippen molar-refractivity contribution in [3.8, 4) is 22.5 Å². The largest absolute Gasteiger partial charge is 0.464 e. The molecule has 14 heteroatoms. The number of ether oxygens (including phenoxy) is 4. The van der Waals surface area contributed by atoms with E-state index in [1.807, 2.05) is 12.3 Å². The lowest BCUT2D eigenvalue weighted by atomic mass is 9.82. The second kappa shape index (κ2) is 17.1. The molecule has 6 bridgehead atoms. The number of aromatic nitrogens is 3. The fourth-order valence-electron chi connectivity index (χ4n) is 9.39. The first-order valence-electron chi connectivity index (χ1n) is 21.1. The Labute approximate surface area is 345 Å². The van der Waals surface area contributed by atoms with Crippen molar-refractivity contribution in [1.82, 2.24) is 29.9 Å². The van der Waals surface area contributed by atoms with Crippen LogP contribution in [0.3, 0.4) is 0 Å². The van der Waals surface area contributed by atoms with Gasteiger partial charge in [0.15, 0.2) is 0 Å². The summed E-state index contributed by atoms with van der Waals surface area (Å²) in [5, 5.41) is 5.22. The molecule has 0 saturated carbocycles. The number of hydrogen-bond acceptors (Lipinski definition) is 12. The Hall–Kier alpha value is -3.76. The predicted molar refractivity (Wildman–Crippen MR) is 224 cm³/mol. The van der Waals surface area contributed by atoms with Crippen LogP contribution in [0.1, 0.15) is 100 Å². The summed E-state index contributed by atoms with van der Waals surface area (Å²) in [5.41, 5.74) is 17.7. The van der Waals surface area contributed by atoms with Gasteiger partial charge in [-0.15, -0.1) is 11.3 Å². The second-order valence-electron chi connectivity index (χ2n) is 17.1. The molecule has 0 unspecified atom stereocenters. The fourth-order valence-corrected chi connectivity index (χ4v) is 10.3. The van der Waals surface area contributed by atoms with Crippen LogP contribution in [0.25, 0.3) is 33.4 Å². The van der Waals surface area contributed by atoms with Crippen LogP contribution < -0.4 is 11.2 Å². The first kappa shape index (κ1) is 41.0. The van der Waals surface area contributed by atoms with Crippen molar-refractivity contribution in [3.05, 3.63) is 57.7 Å². The maximum absolute atomic E-state index is 13.8. The van der Waals surface area contributed by atoms with Crippen LogP contribution in [0, 0.1) is 5.41 Å². The van der Waals surface area contributed by atoms with Crippen molar-refractivity contribution < 1.29 is 28.5 Å². The number of nitrogens with one attached hydrogen (secondary N) is 1. The number of esters is 1. The quantitative estimate of drug-likeness (QED) is 0.207. The molecule has 4 aliphatic heterocycles. The molecule has 7 heterocycles. The van der Waals surface area contributed by atoms with Gasteiger partial charge >= 0.3 is 5.97 Å². The molecule has 4 aromatic rings. The van der Waals surface area contributed by atoms with Crippen molar-refractivity contribution in [3.63, 3.8) is 0 Å². The third-order valence-electron chi connectivity index (χ3n) is 12.6. The Kier molecular flexibility index (Phi) is 12.1. The Morgan fingerprint density at radius 2 is 1.98 bits per heavy atom. The van der Waals surface area contributed by atoms with E-state index >= 15 is 0 Å². The molecule has 58 heavy (non-hydrogen) atoms. The number of aryl methyl sites for hydroxylation is 1. The van der Waals surface area contributed by atoms with E-state index in [1.165, 1.54) is 21.9 Å². The SMILES string of the molecule is CCO[C@@H]1c2nc(cs2)-c2ccc3c(c2)c(c(-c2cc([C@H]4CCN5CCOC[C@@H]5C4)cnc2[C@H](C)OC)n3CC)CC(C)(C)COC(=O)[C@@H]2CCCN(N2)C(=O)[C@H]1N. The molecule has 1 aromatic carbocycles. The number of nitrogens with two attached hydrogens (primary N) is 1. The van der Waals surface area contributed by atoms with Crippen molar-refractivity contribution in [2.75, 3.05) is 53.2 Å². The number of cyclic esters (lactones) is 1. The van der Waals surface area contributed by atoms with Gasteiger partial charge in [0.1, 0.15) is 23.2 Å². The van der Waals surface area contributed by atoms with Crippen molar-refractivity contribution in [2.24, 2.45) is 11.1 Å². The third-order valence-corrected chi connectivity index (χ3v) is 13.5. The summed E-state index contributed by atoms with van der Waals surface area (Å²) in [6.07, 6.45) is 5.00. The highest BCUT2D eigenvalue weighted by Crippen LogP contribution is 2.44. The first-order chi connectivity index (χ1) is 28.0. The van der Waals surface area contributed by atoms with Crippen LogP contribution in [-0.4, -0.2) is 108 Å². The van der Waals surface area contributed by atoms with Crippen LogP contribution >= 0.6 is 11.3 Å². The summed E-state index contributed by atoms with van der Waals surface area (Å²) < 4.78 is 26.6. The number of fused-ring (bicyclic) bond motifs is 7. The number of hydrogen-bond donors (Lipinski definition) is 2. The molecule has 3 aromatic heterocycles. The van der Waals surface area contributed by atoms with Gasteiger partial charge in [0.2, 0.25) is 0 Å². The van der Waals surface area contributed by atoms with Gasteiger partial charge in [-0.25, -0.2) is 10.4 Å². The molecule has 13 nitrogen and oxygen atoms in total. The highest BCUT2D eigenvalue weighted by molar-refractivity contribution is 7.10. The minimum Gasteiger partial charge on any atom is -0.464 e. The monoisotopic (exact) mass is 813 g/mol. The number of thiazole rings is 1. The van der Waals surface area contributed by atoms with Gasteiger partial charge in [-0.3, -0.25) is 24.5 Å². The van der Waals surface area contributed by atoms with E-state index in [1.54, 1.807) is 7.11 Å². The summed E-state index contributed by atoms with van der Waals surface area (Å²) in [6, 6.07) is 7.65. The van der Waals surface area contributed by atoms with E-state index in [0.29, 0.717) is 49.4 Å². The van der Waals surface area contributed by atoms with Gasteiger partial charge in [0.05, 0.1) is 43.0 Å². The van der Waals surface area contributed by atoms with Gasteiger partial charge in [0.25, 0.3) is 5.91 Å². The number of carbonyl (C=O) groups is 2. The van der Waals surface area contributed by atoms with E-state index < -0.39 is 23.6 Å². The second-order valence-corrected chi connectivity index (χ2v) is 18.0. The van der Waals surface area contributed by atoms with E-state index in [4.69, 9.17) is 34.6 Å². The summed E-state index contributed by atoms with van der Waals surface area (Å²) >= 11 is 1.44. The number of rotatable bonds is 7. The molecule has 0 radical (unpaired) electrons. The zero-order valence-electron chi connectivity index (χ0n) is 34.8. The lowest BCUT2D eigenvalue weighted by Crippen LogP contribution is -2.60. The molecule has 0 aliphatic carbocycles. The maximum atomic E-state index is 13.8. The zero-order valence-corrected chi connectivity index (χ0v) is 35.6. The molecule has 8 rings (SSSR count). The summed E-state index contributed by atoms with van der Waals surface area (Å²) in [6.45, 7) is 15.8. The third kappa shape index (κ3) is 7.96. The zero-order chi connectivity index (χ0) is 40.7. The number of carbonyl (C=O) groups excluding carboxylic acids is 2. The molecular formula is C44H59N7O6S. The molecule has 1 amide bonds. The summed E-state index contributed by atoms with van der Waals surface area (Å²) in [5.74, 6) is -0.361. The Morgan fingerprint density at radius 3 is 2.78 bits per heavy atom. The predicted octanol–water partition coefficient (Wildman–Crippen LogP) is 6.16. The van der Waals surface area contributed by atoms with Crippen molar-refractivity contribution >= 4 is 34.1 Å². The standard InChI is InChI=1S/C44H59N7O6S/c1-7-50-36-12-11-28-19-31(36)33(39(50)32-20-29(22-46-38(32)26(3)54-6)27-13-15-49-16-17-55-23-30(49)18-27)21-44(4,5)25-57-43(53)34-10-9-14-51(48-34)42(52)37(45)40(56-8-2)41-47-35(28)24-58-41/h11-12,19-20,22,24,26-27,30,34,37,40,48H,7-10,13-18,21,23,25,45H2,1-6H3/t26-,27-,30-,34-,37-,40-/m0/s1. The van der Waals surface area contributed by atoms with Crippen LogP contribution in [0.5, 0.6) is 0 Å². The molecule has 4 aliphatic rings.